The van der Waals surface area contributed by atoms with Gasteiger partial charge in [0.05, 0.1) is 11.5 Å². The van der Waals surface area contributed by atoms with Gasteiger partial charge in [-0.1, -0.05) is 46.8 Å². The zero-order valence-corrected chi connectivity index (χ0v) is 22.0. The number of aliphatic carboxylic acids is 1. The van der Waals surface area contributed by atoms with Crippen molar-refractivity contribution in [2.45, 2.75) is 112 Å². The molecule has 0 amide bonds. The van der Waals surface area contributed by atoms with Crippen LogP contribution in [0.2, 0.25) is 0 Å². The Bertz CT molecular complexity index is 861. The molecule has 0 aromatic rings. The van der Waals surface area contributed by atoms with Gasteiger partial charge in [-0.3, -0.25) is 4.79 Å². The molecule has 0 bridgehead atoms. The first-order valence-electron chi connectivity index (χ1n) is 13.8. The third kappa shape index (κ3) is 2.75. The lowest BCUT2D eigenvalue weighted by atomic mass is 9.32. The molecular weight excluding hydrogens is 408 g/mol. The van der Waals surface area contributed by atoms with Crippen LogP contribution in [0.3, 0.4) is 0 Å². The number of rotatable bonds is 2. The molecule has 0 aliphatic heterocycles. The Labute approximate surface area is 201 Å². The Morgan fingerprint density at radius 3 is 2.15 bits per heavy atom. The van der Waals surface area contributed by atoms with E-state index < -0.39 is 11.4 Å². The predicted molar refractivity (Wildman–Crippen MR) is 133 cm³/mol. The fraction of sp³-hybridized carbons (Fsp3) is 0.900. The van der Waals surface area contributed by atoms with Gasteiger partial charge in [-0.05, 0) is 122 Å². The van der Waals surface area contributed by atoms with E-state index in [1.165, 1.54) is 31.3 Å². The largest absolute Gasteiger partial charge is 0.481 e. The lowest BCUT2D eigenvalue weighted by Gasteiger charge is -2.72. The highest BCUT2D eigenvalue weighted by Crippen LogP contribution is 2.77. The number of fused-ring (bicyclic) bond motifs is 7. The maximum absolute atomic E-state index is 12.8. The summed E-state index contributed by atoms with van der Waals surface area (Å²) in [5, 5.41) is 21.4. The molecule has 5 aliphatic carbocycles. The maximum atomic E-state index is 12.8. The van der Waals surface area contributed by atoms with Gasteiger partial charge in [0.1, 0.15) is 0 Å². The molecule has 0 unspecified atom stereocenters. The molecule has 2 N–H and O–H groups in total. The smallest absolute Gasteiger partial charge is 0.309 e. The quantitative estimate of drug-likeness (QED) is 0.436. The Morgan fingerprint density at radius 1 is 0.818 bits per heavy atom. The van der Waals surface area contributed by atoms with Crippen molar-refractivity contribution < 1.29 is 15.0 Å². The van der Waals surface area contributed by atoms with Crippen LogP contribution in [0.5, 0.6) is 0 Å². The van der Waals surface area contributed by atoms with Gasteiger partial charge in [0.25, 0.3) is 0 Å². The lowest BCUT2D eigenvalue weighted by molar-refractivity contribution is -0.248. The second-order valence-corrected chi connectivity index (χ2v) is 14.5. The van der Waals surface area contributed by atoms with Crippen LogP contribution < -0.4 is 0 Å². The minimum atomic E-state index is -0.538. The van der Waals surface area contributed by atoms with Crippen LogP contribution in [0.1, 0.15) is 106 Å². The summed E-state index contributed by atoms with van der Waals surface area (Å²) in [5.41, 5.74) is 1.35. The predicted octanol–water partition coefficient (Wildman–Crippen LogP) is 7.09. The standard InChI is InChI=1S/C30H48O3/c1-18(2)19-10-15-30(25(32)33)17-16-28(6)20(24(19)30)8-9-22-27(5)13-12-23(31)26(3,4)21(27)11-14-29(22,28)7/h19-24,31H,1,8-17H2,2-7H3,(H,32,33)/t19-,20+,21+,22+,23+,24+,27-,28+,29+,30-/m0/s1. The molecule has 33 heavy (non-hydrogen) atoms. The fourth-order valence-corrected chi connectivity index (χ4v) is 11.5. The third-order valence-corrected chi connectivity index (χ3v) is 13.5. The average Bonchev–Trinajstić information content (AvgIpc) is 3.13. The summed E-state index contributed by atoms with van der Waals surface area (Å²) in [4.78, 5) is 12.8. The third-order valence-electron chi connectivity index (χ3n) is 13.5. The second-order valence-electron chi connectivity index (χ2n) is 14.5. The molecule has 10 atom stereocenters. The van der Waals surface area contributed by atoms with Crippen molar-refractivity contribution in [3.63, 3.8) is 0 Å². The number of aliphatic hydroxyl groups excluding tert-OH is 1. The number of hydrogen-bond donors (Lipinski definition) is 2. The van der Waals surface area contributed by atoms with E-state index in [0.717, 1.165) is 38.5 Å². The van der Waals surface area contributed by atoms with Crippen molar-refractivity contribution in [2.75, 3.05) is 0 Å². The molecule has 186 valence electrons. The fourth-order valence-electron chi connectivity index (χ4n) is 11.5. The Morgan fingerprint density at radius 2 is 1.52 bits per heavy atom. The minimum absolute atomic E-state index is 0.0202. The summed E-state index contributed by atoms with van der Waals surface area (Å²) in [5.74, 6) is 1.79. The normalized spacial score (nSPS) is 55.0. The highest BCUT2D eigenvalue weighted by atomic mass is 16.4. The summed E-state index contributed by atoms with van der Waals surface area (Å²) in [6.07, 6.45) is 10.5. The molecular formula is C30H48O3. The molecule has 3 nitrogen and oxygen atoms in total. The highest BCUT2D eigenvalue weighted by molar-refractivity contribution is 5.76. The topological polar surface area (TPSA) is 57.5 Å². The van der Waals surface area contributed by atoms with Crippen molar-refractivity contribution in [3.05, 3.63) is 12.2 Å². The van der Waals surface area contributed by atoms with Crippen LogP contribution in [-0.4, -0.2) is 22.3 Å². The number of aliphatic hydroxyl groups is 1. The van der Waals surface area contributed by atoms with E-state index in [4.69, 9.17) is 0 Å². The van der Waals surface area contributed by atoms with Gasteiger partial charge < -0.3 is 10.2 Å². The van der Waals surface area contributed by atoms with E-state index in [1.54, 1.807) is 0 Å². The molecule has 0 spiro atoms. The first kappa shape index (κ1) is 23.9. The van der Waals surface area contributed by atoms with Crippen LogP contribution in [-0.2, 0) is 4.79 Å². The molecule has 0 saturated heterocycles. The zero-order valence-electron chi connectivity index (χ0n) is 22.0. The molecule has 0 heterocycles. The summed E-state index contributed by atoms with van der Waals surface area (Å²) >= 11 is 0. The SMILES string of the molecule is C=C(C)[C@@H]1CC[C@]2(C(=O)O)CC[C@]3(C)[C@H](CC[C@@H]4[C@@]5(C)CC[C@@H](O)C(C)(C)[C@H]5CC[C@]43C)[C@@H]12. The molecule has 0 aromatic carbocycles. The van der Waals surface area contributed by atoms with Crippen molar-refractivity contribution in [1.29, 1.82) is 0 Å². The van der Waals surface area contributed by atoms with Gasteiger partial charge in [0.15, 0.2) is 0 Å². The van der Waals surface area contributed by atoms with E-state index in [2.05, 4.69) is 48.1 Å². The number of carboxylic acid groups (broad SMARTS) is 1. The molecule has 5 aliphatic rings. The summed E-state index contributed by atoms with van der Waals surface area (Å²) in [6.45, 7) is 18.8. The van der Waals surface area contributed by atoms with Gasteiger partial charge in [-0.2, -0.15) is 0 Å². The lowest BCUT2D eigenvalue weighted by Crippen LogP contribution is -2.67. The highest BCUT2D eigenvalue weighted by Gasteiger charge is 2.71. The second kappa shape index (κ2) is 7.11. The Kier molecular flexibility index (Phi) is 5.15. The summed E-state index contributed by atoms with van der Waals surface area (Å²) in [6, 6.07) is 0. The summed E-state index contributed by atoms with van der Waals surface area (Å²) < 4.78 is 0. The van der Waals surface area contributed by atoms with Crippen LogP contribution in [0.4, 0.5) is 0 Å². The maximum Gasteiger partial charge on any atom is 0.309 e. The van der Waals surface area contributed by atoms with E-state index in [9.17, 15) is 15.0 Å². The monoisotopic (exact) mass is 456 g/mol. The first-order chi connectivity index (χ1) is 15.3. The van der Waals surface area contributed by atoms with Gasteiger partial charge in [0.2, 0.25) is 0 Å². The van der Waals surface area contributed by atoms with Gasteiger partial charge in [0, 0.05) is 0 Å². The zero-order chi connectivity index (χ0) is 24.2. The van der Waals surface area contributed by atoms with E-state index in [1.807, 2.05) is 0 Å². The number of allylic oxidation sites excluding steroid dienone is 1. The molecule has 3 heteroatoms. The van der Waals surface area contributed by atoms with Crippen LogP contribution >= 0.6 is 0 Å². The van der Waals surface area contributed by atoms with Crippen LogP contribution in [0, 0.1) is 56.7 Å². The molecule has 0 radical (unpaired) electrons. The molecule has 5 rings (SSSR count). The van der Waals surface area contributed by atoms with Crippen molar-refractivity contribution >= 4 is 5.97 Å². The Balaban J connectivity index is 1.57. The first-order valence-corrected chi connectivity index (χ1v) is 13.8. The van der Waals surface area contributed by atoms with Gasteiger partial charge in [-0.25, -0.2) is 0 Å². The number of carbonyl (C=O) groups is 1. The van der Waals surface area contributed by atoms with Gasteiger partial charge in [-0.15, -0.1) is 0 Å². The Hall–Kier alpha value is -0.830. The molecule has 5 fully saturated rings. The van der Waals surface area contributed by atoms with Gasteiger partial charge >= 0.3 is 5.97 Å². The number of hydrogen-bond acceptors (Lipinski definition) is 2. The van der Waals surface area contributed by atoms with Crippen molar-refractivity contribution in [1.82, 2.24) is 0 Å². The molecule has 0 aromatic heterocycles. The summed E-state index contributed by atoms with van der Waals surface area (Å²) in [7, 11) is 0. The van der Waals surface area contributed by atoms with E-state index in [0.29, 0.717) is 23.7 Å². The van der Waals surface area contributed by atoms with Crippen LogP contribution in [0.25, 0.3) is 0 Å². The van der Waals surface area contributed by atoms with E-state index >= 15 is 0 Å². The molecule has 5 saturated carbocycles. The number of carboxylic acids is 1. The van der Waals surface area contributed by atoms with E-state index in [-0.39, 0.29) is 33.7 Å². The average molecular weight is 457 g/mol. The van der Waals surface area contributed by atoms with Crippen molar-refractivity contribution in [3.8, 4) is 0 Å². The minimum Gasteiger partial charge on any atom is -0.481 e. The van der Waals surface area contributed by atoms with Crippen LogP contribution in [0.15, 0.2) is 12.2 Å². The van der Waals surface area contributed by atoms with Crippen molar-refractivity contribution in [2.24, 2.45) is 56.7 Å².